The van der Waals surface area contributed by atoms with Gasteiger partial charge >= 0.3 is 0 Å². The third kappa shape index (κ3) is 3.78. The minimum atomic E-state index is -0.624. The number of anilines is 1. The van der Waals surface area contributed by atoms with Crippen LogP contribution in [0.15, 0.2) is 35.1 Å². The second kappa shape index (κ2) is 7.26. The highest BCUT2D eigenvalue weighted by Crippen LogP contribution is 2.32. The van der Waals surface area contributed by atoms with Gasteiger partial charge < -0.3 is 11.1 Å². The maximum absolute atomic E-state index is 12.7. The molecule has 0 bridgehead atoms. The van der Waals surface area contributed by atoms with E-state index < -0.39 is 11.3 Å². The lowest BCUT2D eigenvalue weighted by molar-refractivity contribution is -0.123. The number of amides is 2. The molecule has 0 saturated carbocycles. The minimum Gasteiger partial charge on any atom is -0.366 e. The molecule has 0 aliphatic heterocycles. The van der Waals surface area contributed by atoms with E-state index in [0.29, 0.717) is 33.9 Å². The van der Waals surface area contributed by atoms with Crippen LogP contribution in [-0.2, 0) is 11.3 Å². The van der Waals surface area contributed by atoms with Crippen molar-refractivity contribution in [2.45, 2.75) is 34.2 Å². The summed E-state index contributed by atoms with van der Waals surface area (Å²) < 4.78 is 6.33. The van der Waals surface area contributed by atoms with E-state index in [-0.39, 0.29) is 12.5 Å². The van der Waals surface area contributed by atoms with Crippen LogP contribution in [0.3, 0.4) is 0 Å². The average Bonchev–Trinajstić information content (AvgIpc) is 3.21. The summed E-state index contributed by atoms with van der Waals surface area (Å²) in [5, 5.41) is 15.0. The first-order valence-corrected chi connectivity index (χ1v) is 8.73. The second-order valence-corrected chi connectivity index (χ2v) is 7.47. The Morgan fingerprint density at radius 3 is 2.50 bits per heavy atom. The predicted octanol–water partition coefficient (Wildman–Crippen LogP) is 2.37. The standard InChI is InChI=1S/C19H22N6O3/c1-11-15(24-28-23-11)10-25-17(22-18(27)19(2,3)4)14(9-21-25)12-7-5-6-8-13(12)16(20)26/h5-9H,10H2,1-4H3,(H2,20,26)(H,22,27). The molecule has 0 aliphatic rings. The number of hydrogen-bond acceptors (Lipinski definition) is 6. The van der Waals surface area contributed by atoms with Crippen LogP contribution in [0.2, 0.25) is 0 Å². The van der Waals surface area contributed by atoms with Gasteiger partial charge in [0.15, 0.2) is 0 Å². The molecule has 0 fully saturated rings. The second-order valence-electron chi connectivity index (χ2n) is 7.47. The molecule has 3 aromatic rings. The van der Waals surface area contributed by atoms with E-state index in [2.05, 4.69) is 20.7 Å². The van der Waals surface area contributed by atoms with E-state index in [1.165, 1.54) is 0 Å². The van der Waals surface area contributed by atoms with Gasteiger partial charge in [0.2, 0.25) is 11.8 Å². The molecule has 2 amide bonds. The summed E-state index contributed by atoms with van der Waals surface area (Å²) in [4.78, 5) is 24.5. The molecule has 146 valence electrons. The van der Waals surface area contributed by atoms with Gasteiger partial charge in [-0.2, -0.15) is 5.10 Å². The van der Waals surface area contributed by atoms with E-state index in [9.17, 15) is 9.59 Å². The van der Waals surface area contributed by atoms with Crippen LogP contribution in [0, 0.1) is 12.3 Å². The number of rotatable bonds is 5. The van der Waals surface area contributed by atoms with Crippen LogP contribution < -0.4 is 11.1 Å². The van der Waals surface area contributed by atoms with Gasteiger partial charge in [0, 0.05) is 16.5 Å². The van der Waals surface area contributed by atoms with E-state index in [0.717, 1.165) is 0 Å². The number of nitrogens with two attached hydrogens (primary N) is 1. The lowest BCUT2D eigenvalue weighted by atomic mass is 9.95. The Morgan fingerprint density at radius 2 is 1.89 bits per heavy atom. The summed E-state index contributed by atoms with van der Waals surface area (Å²) in [6.07, 6.45) is 1.59. The Labute approximate surface area is 161 Å². The van der Waals surface area contributed by atoms with Gasteiger partial charge in [-0.1, -0.05) is 49.3 Å². The third-order valence-electron chi connectivity index (χ3n) is 4.28. The smallest absolute Gasteiger partial charge is 0.249 e. The number of aromatic nitrogens is 4. The van der Waals surface area contributed by atoms with Crippen LogP contribution >= 0.6 is 0 Å². The van der Waals surface area contributed by atoms with Crippen molar-refractivity contribution in [3.05, 3.63) is 47.4 Å². The minimum absolute atomic E-state index is 0.193. The summed E-state index contributed by atoms with van der Waals surface area (Å²) in [5.41, 5.74) is 7.62. The predicted molar refractivity (Wildman–Crippen MR) is 102 cm³/mol. The molecule has 1 aromatic carbocycles. The summed E-state index contributed by atoms with van der Waals surface area (Å²) in [7, 11) is 0. The van der Waals surface area contributed by atoms with E-state index in [1.807, 2.05) is 20.8 Å². The van der Waals surface area contributed by atoms with E-state index in [4.69, 9.17) is 10.4 Å². The lowest BCUT2D eigenvalue weighted by Crippen LogP contribution is -2.29. The zero-order chi connectivity index (χ0) is 20.5. The fraction of sp³-hybridized carbons (Fsp3) is 0.316. The molecule has 3 rings (SSSR count). The number of primary amides is 1. The molecule has 9 heteroatoms. The number of aryl methyl sites for hydroxylation is 1. The maximum Gasteiger partial charge on any atom is 0.249 e. The van der Waals surface area contributed by atoms with Crippen LogP contribution in [0.25, 0.3) is 11.1 Å². The molecule has 0 atom stereocenters. The molecule has 0 aliphatic carbocycles. The van der Waals surface area contributed by atoms with Gasteiger partial charge in [-0.15, -0.1) is 0 Å². The van der Waals surface area contributed by atoms with Gasteiger partial charge in [-0.25, -0.2) is 9.31 Å². The summed E-state index contributed by atoms with van der Waals surface area (Å²) >= 11 is 0. The van der Waals surface area contributed by atoms with Crippen molar-refractivity contribution in [2.75, 3.05) is 5.32 Å². The van der Waals surface area contributed by atoms with Crippen LogP contribution in [-0.4, -0.2) is 31.9 Å². The van der Waals surface area contributed by atoms with Crippen LogP contribution in [0.1, 0.15) is 42.5 Å². The molecular weight excluding hydrogens is 360 g/mol. The first-order chi connectivity index (χ1) is 13.2. The first kappa shape index (κ1) is 19.3. The molecule has 3 N–H and O–H groups in total. The van der Waals surface area contributed by atoms with Crippen molar-refractivity contribution in [1.82, 2.24) is 20.1 Å². The Morgan fingerprint density at radius 1 is 1.18 bits per heavy atom. The summed E-state index contributed by atoms with van der Waals surface area (Å²) in [6.45, 7) is 7.45. The van der Waals surface area contributed by atoms with Crippen molar-refractivity contribution in [2.24, 2.45) is 11.1 Å². The number of nitrogens with one attached hydrogen (secondary N) is 1. The van der Waals surface area contributed by atoms with E-state index >= 15 is 0 Å². The Balaban J connectivity index is 2.12. The number of carbonyl (C=O) groups is 2. The molecular formula is C19H22N6O3. The molecule has 0 radical (unpaired) electrons. The largest absolute Gasteiger partial charge is 0.366 e. The Kier molecular flexibility index (Phi) is 5.00. The van der Waals surface area contributed by atoms with Crippen molar-refractivity contribution in [3.8, 4) is 11.1 Å². The van der Waals surface area contributed by atoms with Gasteiger partial charge in [0.25, 0.3) is 0 Å². The zero-order valence-electron chi connectivity index (χ0n) is 16.2. The fourth-order valence-electron chi connectivity index (χ4n) is 2.60. The molecule has 2 aromatic heterocycles. The summed E-state index contributed by atoms with van der Waals surface area (Å²) in [5.74, 6) is -0.314. The summed E-state index contributed by atoms with van der Waals surface area (Å²) in [6, 6.07) is 6.92. The number of benzene rings is 1. The molecule has 0 unspecified atom stereocenters. The normalized spacial score (nSPS) is 11.4. The Bertz CT molecular complexity index is 1030. The Hall–Kier alpha value is -3.49. The highest BCUT2D eigenvalue weighted by Gasteiger charge is 2.26. The van der Waals surface area contributed by atoms with Gasteiger partial charge in [0.05, 0.1) is 12.7 Å². The van der Waals surface area contributed by atoms with Crippen molar-refractivity contribution < 1.29 is 14.2 Å². The molecule has 9 nitrogen and oxygen atoms in total. The van der Waals surface area contributed by atoms with Gasteiger partial charge in [-0.05, 0) is 18.6 Å². The molecule has 2 heterocycles. The monoisotopic (exact) mass is 382 g/mol. The molecule has 0 spiro atoms. The highest BCUT2D eigenvalue weighted by atomic mass is 16.6. The number of nitrogens with zero attached hydrogens (tertiary/aromatic N) is 4. The maximum atomic E-state index is 12.7. The average molecular weight is 382 g/mol. The first-order valence-electron chi connectivity index (χ1n) is 8.73. The topological polar surface area (TPSA) is 129 Å². The highest BCUT2D eigenvalue weighted by molar-refractivity contribution is 6.03. The SMILES string of the molecule is Cc1nonc1Cn1ncc(-c2ccccc2C(N)=O)c1NC(=O)C(C)(C)C. The van der Waals surface area contributed by atoms with E-state index in [1.54, 1.807) is 42.1 Å². The van der Waals surface area contributed by atoms with Crippen LogP contribution in [0.5, 0.6) is 0 Å². The zero-order valence-corrected chi connectivity index (χ0v) is 16.2. The van der Waals surface area contributed by atoms with Crippen molar-refractivity contribution >= 4 is 17.6 Å². The third-order valence-corrected chi connectivity index (χ3v) is 4.28. The molecule has 28 heavy (non-hydrogen) atoms. The van der Waals surface area contributed by atoms with Crippen molar-refractivity contribution in [1.29, 1.82) is 0 Å². The van der Waals surface area contributed by atoms with Crippen LogP contribution in [0.4, 0.5) is 5.82 Å². The van der Waals surface area contributed by atoms with Gasteiger partial charge in [0.1, 0.15) is 17.2 Å². The van der Waals surface area contributed by atoms with Gasteiger partial charge in [-0.3, -0.25) is 9.59 Å². The number of carbonyl (C=O) groups excluding carboxylic acids is 2. The number of hydrogen-bond donors (Lipinski definition) is 2. The molecule has 0 saturated heterocycles. The lowest BCUT2D eigenvalue weighted by Gasteiger charge is -2.19. The van der Waals surface area contributed by atoms with Crippen molar-refractivity contribution in [3.63, 3.8) is 0 Å². The fourth-order valence-corrected chi connectivity index (χ4v) is 2.60. The quantitative estimate of drug-likeness (QED) is 0.697.